The van der Waals surface area contributed by atoms with Gasteiger partial charge in [-0.05, 0) is 29.8 Å². The van der Waals surface area contributed by atoms with Crippen LogP contribution in [0.3, 0.4) is 0 Å². The SMILES string of the molecule is COC(=O)C(C)CN(Cc1ccc(Cl)cc1)C(=O)c1ccccc1F. The van der Waals surface area contributed by atoms with E-state index in [9.17, 15) is 14.0 Å². The molecule has 0 spiro atoms. The van der Waals surface area contributed by atoms with Gasteiger partial charge in [0.15, 0.2) is 0 Å². The van der Waals surface area contributed by atoms with Gasteiger partial charge in [0.05, 0.1) is 18.6 Å². The largest absolute Gasteiger partial charge is 0.469 e. The molecule has 1 unspecified atom stereocenters. The summed E-state index contributed by atoms with van der Waals surface area (Å²) in [6.45, 7) is 2.00. The van der Waals surface area contributed by atoms with Gasteiger partial charge in [-0.15, -0.1) is 0 Å². The Bertz CT molecular complexity index is 749. The standard InChI is InChI=1S/C19H19ClFNO3/c1-13(19(24)25-2)11-22(12-14-7-9-15(20)10-8-14)18(23)16-5-3-4-6-17(16)21/h3-10,13H,11-12H2,1-2H3. The lowest BCUT2D eigenvalue weighted by molar-refractivity contribution is -0.145. The summed E-state index contributed by atoms with van der Waals surface area (Å²) in [7, 11) is 1.29. The number of ether oxygens (including phenoxy) is 1. The molecule has 4 nitrogen and oxygen atoms in total. The first-order valence-corrected chi connectivity index (χ1v) is 8.16. The Labute approximate surface area is 151 Å². The van der Waals surface area contributed by atoms with Crippen molar-refractivity contribution in [2.24, 2.45) is 5.92 Å². The second-order valence-electron chi connectivity index (χ2n) is 5.72. The third kappa shape index (κ3) is 5.03. The molecule has 2 aromatic carbocycles. The lowest BCUT2D eigenvalue weighted by atomic mass is 10.1. The number of halogens is 2. The van der Waals surface area contributed by atoms with E-state index < -0.39 is 23.6 Å². The first kappa shape index (κ1) is 18.9. The van der Waals surface area contributed by atoms with Crippen LogP contribution in [0.15, 0.2) is 48.5 Å². The molecule has 0 saturated carbocycles. The minimum Gasteiger partial charge on any atom is -0.469 e. The van der Waals surface area contributed by atoms with Gasteiger partial charge >= 0.3 is 5.97 Å². The van der Waals surface area contributed by atoms with Crippen LogP contribution in [0.4, 0.5) is 4.39 Å². The zero-order valence-electron chi connectivity index (χ0n) is 14.0. The fourth-order valence-electron chi connectivity index (χ4n) is 2.44. The monoisotopic (exact) mass is 363 g/mol. The molecular weight excluding hydrogens is 345 g/mol. The summed E-state index contributed by atoms with van der Waals surface area (Å²) in [4.78, 5) is 25.9. The van der Waals surface area contributed by atoms with Crippen molar-refractivity contribution in [1.29, 1.82) is 0 Å². The maximum Gasteiger partial charge on any atom is 0.310 e. The van der Waals surface area contributed by atoms with Crippen molar-refractivity contribution in [2.45, 2.75) is 13.5 Å². The number of hydrogen-bond acceptors (Lipinski definition) is 3. The number of esters is 1. The third-order valence-corrected chi connectivity index (χ3v) is 4.03. The Hall–Kier alpha value is -2.40. The Morgan fingerprint density at radius 3 is 2.40 bits per heavy atom. The molecule has 0 saturated heterocycles. The molecule has 132 valence electrons. The van der Waals surface area contributed by atoms with Gasteiger partial charge in [0, 0.05) is 18.1 Å². The molecule has 0 N–H and O–H groups in total. The summed E-state index contributed by atoms with van der Waals surface area (Å²) in [5, 5.41) is 0.582. The molecular formula is C19H19ClFNO3. The van der Waals surface area contributed by atoms with Crippen molar-refractivity contribution in [3.8, 4) is 0 Å². The third-order valence-electron chi connectivity index (χ3n) is 3.78. The number of methoxy groups -OCH3 is 1. The highest BCUT2D eigenvalue weighted by atomic mass is 35.5. The van der Waals surface area contributed by atoms with Gasteiger partial charge in [-0.25, -0.2) is 4.39 Å². The summed E-state index contributed by atoms with van der Waals surface area (Å²) >= 11 is 5.88. The summed E-state index contributed by atoms with van der Waals surface area (Å²) < 4.78 is 18.7. The van der Waals surface area contributed by atoms with E-state index in [4.69, 9.17) is 16.3 Å². The fraction of sp³-hybridized carbons (Fsp3) is 0.263. The number of rotatable bonds is 6. The predicted molar refractivity (Wildman–Crippen MR) is 93.8 cm³/mol. The van der Waals surface area contributed by atoms with Crippen molar-refractivity contribution in [3.63, 3.8) is 0 Å². The molecule has 0 aliphatic carbocycles. The molecule has 0 fully saturated rings. The van der Waals surface area contributed by atoms with E-state index in [0.29, 0.717) is 5.02 Å². The highest BCUT2D eigenvalue weighted by Gasteiger charge is 2.24. The molecule has 6 heteroatoms. The number of benzene rings is 2. The van der Waals surface area contributed by atoms with Gasteiger partial charge in [0.1, 0.15) is 5.82 Å². The first-order valence-electron chi connectivity index (χ1n) is 7.78. The smallest absolute Gasteiger partial charge is 0.310 e. The van der Waals surface area contributed by atoms with Gasteiger partial charge in [0.25, 0.3) is 5.91 Å². The number of hydrogen-bond donors (Lipinski definition) is 0. The Morgan fingerprint density at radius 1 is 1.16 bits per heavy atom. The number of carbonyl (C=O) groups is 2. The van der Waals surface area contributed by atoms with Crippen LogP contribution in [0.1, 0.15) is 22.8 Å². The fourth-order valence-corrected chi connectivity index (χ4v) is 2.57. The molecule has 1 atom stereocenters. The number of nitrogens with zero attached hydrogens (tertiary/aromatic N) is 1. The van der Waals surface area contributed by atoms with Gasteiger partial charge in [-0.2, -0.15) is 0 Å². The van der Waals surface area contributed by atoms with Crippen molar-refractivity contribution < 1.29 is 18.7 Å². The highest BCUT2D eigenvalue weighted by Crippen LogP contribution is 2.17. The molecule has 0 heterocycles. The summed E-state index contributed by atoms with van der Waals surface area (Å²) in [6, 6.07) is 12.8. The minimum absolute atomic E-state index is 0.0338. The van der Waals surface area contributed by atoms with Crippen molar-refractivity contribution in [3.05, 3.63) is 70.5 Å². The topological polar surface area (TPSA) is 46.6 Å². The van der Waals surface area contributed by atoms with E-state index in [2.05, 4.69) is 0 Å². The zero-order valence-corrected chi connectivity index (χ0v) is 14.8. The van der Waals surface area contributed by atoms with Crippen LogP contribution in [0.2, 0.25) is 5.02 Å². The molecule has 25 heavy (non-hydrogen) atoms. The van der Waals surface area contributed by atoms with Crippen LogP contribution in [-0.4, -0.2) is 30.4 Å². The normalized spacial score (nSPS) is 11.7. The lowest BCUT2D eigenvalue weighted by Gasteiger charge is -2.25. The second-order valence-corrected chi connectivity index (χ2v) is 6.15. The predicted octanol–water partition coefficient (Wildman–Crippen LogP) is 3.93. The summed E-state index contributed by atoms with van der Waals surface area (Å²) in [5.74, 6) is -2.04. The van der Waals surface area contributed by atoms with Gasteiger partial charge in [-0.3, -0.25) is 9.59 Å². The van der Waals surface area contributed by atoms with E-state index in [0.717, 1.165) is 5.56 Å². The van der Waals surface area contributed by atoms with E-state index in [1.807, 2.05) is 0 Å². The zero-order chi connectivity index (χ0) is 18.4. The summed E-state index contributed by atoms with van der Waals surface area (Å²) in [6.07, 6.45) is 0. The van der Waals surface area contributed by atoms with Crippen molar-refractivity contribution >= 4 is 23.5 Å². The molecule has 0 bridgehead atoms. The van der Waals surface area contributed by atoms with E-state index in [1.54, 1.807) is 37.3 Å². The maximum absolute atomic E-state index is 14.0. The Balaban J connectivity index is 2.27. The molecule has 2 rings (SSSR count). The van der Waals surface area contributed by atoms with Crippen LogP contribution < -0.4 is 0 Å². The highest BCUT2D eigenvalue weighted by molar-refractivity contribution is 6.30. The quantitative estimate of drug-likeness (QED) is 0.730. The first-order chi connectivity index (χ1) is 11.9. The number of amides is 1. The molecule has 0 aromatic heterocycles. The van der Waals surface area contributed by atoms with Crippen LogP contribution in [0, 0.1) is 11.7 Å². The van der Waals surface area contributed by atoms with E-state index in [1.165, 1.54) is 30.2 Å². The van der Waals surface area contributed by atoms with Crippen LogP contribution in [-0.2, 0) is 16.1 Å². The molecule has 0 radical (unpaired) electrons. The molecule has 1 amide bonds. The molecule has 2 aromatic rings. The van der Waals surface area contributed by atoms with Crippen molar-refractivity contribution in [2.75, 3.05) is 13.7 Å². The average molecular weight is 364 g/mol. The van der Waals surface area contributed by atoms with Crippen LogP contribution >= 0.6 is 11.6 Å². The lowest BCUT2D eigenvalue weighted by Crippen LogP contribution is -2.37. The van der Waals surface area contributed by atoms with Crippen LogP contribution in [0.5, 0.6) is 0 Å². The van der Waals surface area contributed by atoms with Gasteiger partial charge < -0.3 is 9.64 Å². The maximum atomic E-state index is 14.0. The minimum atomic E-state index is -0.598. The second kappa shape index (κ2) is 8.62. The molecule has 0 aliphatic heterocycles. The van der Waals surface area contributed by atoms with Crippen LogP contribution in [0.25, 0.3) is 0 Å². The van der Waals surface area contributed by atoms with Gasteiger partial charge in [-0.1, -0.05) is 42.8 Å². The Morgan fingerprint density at radius 2 is 1.80 bits per heavy atom. The average Bonchev–Trinajstić information content (AvgIpc) is 2.62. The van der Waals surface area contributed by atoms with Crippen molar-refractivity contribution in [1.82, 2.24) is 4.90 Å². The number of carbonyl (C=O) groups excluding carboxylic acids is 2. The summed E-state index contributed by atoms with van der Waals surface area (Å²) in [5.41, 5.74) is 0.791. The van der Waals surface area contributed by atoms with Gasteiger partial charge in [0.2, 0.25) is 0 Å². The van der Waals surface area contributed by atoms with E-state index in [-0.39, 0.29) is 18.7 Å². The molecule has 0 aliphatic rings. The Kier molecular flexibility index (Phi) is 6.53. The van der Waals surface area contributed by atoms with E-state index >= 15 is 0 Å².